The van der Waals surface area contributed by atoms with Gasteiger partial charge in [0.2, 0.25) is 0 Å². The Balaban J connectivity index is 1.59. The van der Waals surface area contributed by atoms with Gasteiger partial charge in [-0.05, 0) is 67.1 Å². The molecule has 166 valence electrons. The Bertz CT molecular complexity index is 1740. The van der Waals surface area contributed by atoms with Crippen LogP contribution in [0.2, 0.25) is 0 Å². The number of pyridine rings is 1. The number of hydrogen-bond acceptors (Lipinski definition) is 1. The van der Waals surface area contributed by atoms with Crippen LogP contribution < -0.4 is 0 Å². The maximum Gasteiger partial charge on any atom is 0.0701 e. The zero-order valence-electron chi connectivity index (χ0n) is 19.9. The van der Waals surface area contributed by atoms with Crippen molar-refractivity contribution < 1.29 is 0 Å². The lowest BCUT2D eigenvalue weighted by atomic mass is 9.66. The minimum Gasteiger partial charge on any atom is -0.256 e. The van der Waals surface area contributed by atoms with Crippen LogP contribution in [0.3, 0.4) is 0 Å². The molecule has 1 aliphatic rings. The van der Waals surface area contributed by atoms with E-state index in [2.05, 4.69) is 116 Å². The largest absolute Gasteiger partial charge is 0.256 e. The standard InChI is InChI=1S/C34H25N/c1-34(2)29-15-6-5-10-24(29)25-13-9-14-28-31(26-11-3-4-12-27(26)33(34)32(25)28)23-19-17-22(18-20-23)30-16-7-8-21-35-30/h3-21H,1-2H3. The van der Waals surface area contributed by atoms with E-state index in [1.54, 1.807) is 0 Å². The summed E-state index contributed by atoms with van der Waals surface area (Å²) >= 11 is 0. The third kappa shape index (κ3) is 2.85. The van der Waals surface area contributed by atoms with Gasteiger partial charge < -0.3 is 0 Å². The smallest absolute Gasteiger partial charge is 0.0701 e. The molecule has 1 heterocycles. The summed E-state index contributed by atoms with van der Waals surface area (Å²) in [6.07, 6.45) is 1.85. The monoisotopic (exact) mass is 447 g/mol. The van der Waals surface area contributed by atoms with Crippen molar-refractivity contribution in [3.8, 4) is 33.5 Å². The van der Waals surface area contributed by atoms with Crippen molar-refractivity contribution in [2.45, 2.75) is 19.3 Å². The highest BCUT2D eigenvalue weighted by molar-refractivity contribution is 6.20. The van der Waals surface area contributed by atoms with Crippen molar-refractivity contribution in [2.24, 2.45) is 0 Å². The molecule has 1 aliphatic carbocycles. The number of rotatable bonds is 2. The number of nitrogens with zero attached hydrogens (tertiary/aromatic N) is 1. The number of fused-ring (bicyclic) bond motifs is 4. The van der Waals surface area contributed by atoms with E-state index in [1.165, 1.54) is 54.9 Å². The van der Waals surface area contributed by atoms with Crippen LogP contribution in [0.4, 0.5) is 0 Å². The van der Waals surface area contributed by atoms with E-state index in [9.17, 15) is 0 Å². The lowest BCUT2D eigenvalue weighted by Crippen LogP contribution is -2.24. The van der Waals surface area contributed by atoms with Crippen molar-refractivity contribution in [1.29, 1.82) is 0 Å². The summed E-state index contributed by atoms with van der Waals surface area (Å²) in [5, 5.41) is 5.36. The van der Waals surface area contributed by atoms with Crippen LogP contribution in [0, 0.1) is 0 Å². The maximum atomic E-state index is 4.53. The fraction of sp³-hybridized carbons (Fsp3) is 0.0882. The summed E-state index contributed by atoms with van der Waals surface area (Å²) in [4.78, 5) is 4.53. The maximum absolute atomic E-state index is 4.53. The van der Waals surface area contributed by atoms with Crippen molar-refractivity contribution in [3.63, 3.8) is 0 Å². The van der Waals surface area contributed by atoms with Gasteiger partial charge in [0.1, 0.15) is 0 Å². The second-order valence-electron chi connectivity index (χ2n) is 9.99. The van der Waals surface area contributed by atoms with Gasteiger partial charge in [0.25, 0.3) is 0 Å². The Labute approximate surface area is 205 Å². The summed E-state index contributed by atoms with van der Waals surface area (Å²) in [6.45, 7) is 4.76. The molecule has 0 amide bonds. The fourth-order valence-electron chi connectivity index (χ4n) is 6.15. The zero-order chi connectivity index (χ0) is 23.6. The van der Waals surface area contributed by atoms with Gasteiger partial charge in [-0.15, -0.1) is 0 Å². The first-order valence-electron chi connectivity index (χ1n) is 12.2. The molecule has 0 aliphatic heterocycles. The van der Waals surface area contributed by atoms with Gasteiger partial charge in [0.05, 0.1) is 5.69 Å². The van der Waals surface area contributed by atoms with E-state index in [-0.39, 0.29) is 5.41 Å². The van der Waals surface area contributed by atoms with Gasteiger partial charge in [0, 0.05) is 17.2 Å². The molecule has 7 rings (SSSR count). The molecule has 6 aromatic rings. The average Bonchev–Trinajstić information content (AvgIpc) is 2.91. The highest BCUT2D eigenvalue weighted by atomic mass is 14.7. The van der Waals surface area contributed by atoms with E-state index < -0.39 is 0 Å². The summed E-state index contributed by atoms with van der Waals surface area (Å²) in [6, 6.07) is 39.6. The minimum atomic E-state index is -0.0931. The van der Waals surface area contributed by atoms with Crippen LogP contribution in [0.15, 0.2) is 115 Å². The van der Waals surface area contributed by atoms with Crippen molar-refractivity contribution in [2.75, 3.05) is 0 Å². The third-order valence-corrected chi connectivity index (χ3v) is 7.70. The third-order valence-electron chi connectivity index (χ3n) is 7.70. The van der Waals surface area contributed by atoms with Crippen molar-refractivity contribution in [1.82, 2.24) is 4.98 Å². The molecule has 1 aromatic heterocycles. The van der Waals surface area contributed by atoms with E-state index in [0.29, 0.717) is 0 Å². The van der Waals surface area contributed by atoms with Gasteiger partial charge in [-0.3, -0.25) is 4.98 Å². The number of benzene rings is 5. The molecule has 0 saturated heterocycles. The molecule has 35 heavy (non-hydrogen) atoms. The quantitative estimate of drug-likeness (QED) is 0.241. The summed E-state index contributed by atoms with van der Waals surface area (Å²) < 4.78 is 0. The molecule has 0 fully saturated rings. The lowest BCUT2D eigenvalue weighted by Gasteiger charge is -2.37. The van der Waals surface area contributed by atoms with Crippen molar-refractivity contribution in [3.05, 3.63) is 127 Å². The van der Waals surface area contributed by atoms with Crippen LogP contribution in [0.1, 0.15) is 25.0 Å². The first kappa shape index (κ1) is 20.2. The average molecular weight is 448 g/mol. The van der Waals surface area contributed by atoms with E-state index in [4.69, 9.17) is 0 Å². The predicted octanol–water partition coefficient (Wildman–Crippen LogP) is 9.03. The van der Waals surface area contributed by atoms with Crippen LogP contribution in [0.25, 0.3) is 55.1 Å². The summed E-state index contributed by atoms with van der Waals surface area (Å²) in [5.74, 6) is 0. The molecule has 0 N–H and O–H groups in total. The Morgan fingerprint density at radius 1 is 0.543 bits per heavy atom. The predicted molar refractivity (Wildman–Crippen MR) is 148 cm³/mol. The van der Waals surface area contributed by atoms with Crippen molar-refractivity contribution >= 4 is 21.5 Å². The number of hydrogen-bond donors (Lipinski definition) is 0. The molecule has 0 radical (unpaired) electrons. The van der Waals surface area contributed by atoms with Crippen LogP contribution in [0.5, 0.6) is 0 Å². The molecule has 0 unspecified atom stereocenters. The first-order chi connectivity index (χ1) is 17.1. The highest BCUT2D eigenvalue weighted by Crippen LogP contribution is 2.53. The van der Waals surface area contributed by atoms with E-state index in [1.807, 2.05) is 18.3 Å². The Kier molecular flexibility index (Phi) is 4.25. The van der Waals surface area contributed by atoms with Crippen LogP contribution in [-0.4, -0.2) is 4.98 Å². The second kappa shape index (κ2) is 7.38. The van der Waals surface area contributed by atoms with Gasteiger partial charge in [-0.25, -0.2) is 0 Å². The van der Waals surface area contributed by atoms with E-state index in [0.717, 1.165) is 11.3 Å². The Morgan fingerprint density at radius 3 is 2.00 bits per heavy atom. The minimum absolute atomic E-state index is 0.0931. The topological polar surface area (TPSA) is 12.9 Å². The molecule has 5 aromatic carbocycles. The zero-order valence-corrected chi connectivity index (χ0v) is 19.9. The van der Waals surface area contributed by atoms with Gasteiger partial charge >= 0.3 is 0 Å². The van der Waals surface area contributed by atoms with Gasteiger partial charge in [0.15, 0.2) is 0 Å². The fourth-order valence-corrected chi connectivity index (χ4v) is 6.15. The van der Waals surface area contributed by atoms with E-state index >= 15 is 0 Å². The molecule has 0 atom stereocenters. The van der Waals surface area contributed by atoms with Gasteiger partial charge in [-0.2, -0.15) is 0 Å². The normalized spacial score (nSPS) is 13.7. The molecule has 0 bridgehead atoms. The van der Waals surface area contributed by atoms with Crippen LogP contribution >= 0.6 is 0 Å². The SMILES string of the molecule is CC1(C)c2ccccc2-c2cccc3c(-c4ccc(-c5ccccn5)cc4)c4ccccc4c1c23. The lowest BCUT2D eigenvalue weighted by molar-refractivity contribution is 0.651. The second-order valence-corrected chi connectivity index (χ2v) is 9.99. The highest BCUT2D eigenvalue weighted by Gasteiger charge is 2.35. The Hall–Kier alpha value is -4.23. The summed E-state index contributed by atoms with van der Waals surface area (Å²) in [5.41, 5.74) is 10.1. The molecule has 1 heteroatoms. The Morgan fingerprint density at radius 2 is 1.20 bits per heavy atom. The van der Waals surface area contributed by atoms with Gasteiger partial charge in [-0.1, -0.05) is 111 Å². The number of aromatic nitrogens is 1. The summed E-state index contributed by atoms with van der Waals surface area (Å²) in [7, 11) is 0. The molecular formula is C34H25N. The molecular weight excluding hydrogens is 422 g/mol. The first-order valence-corrected chi connectivity index (χ1v) is 12.2. The molecule has 0 spiro atoms. The molecule has 0 saturated carbocycles. The van der Waals surface area contributed by atoms with Crippen LogP contribution in [-0.2, 0) is 5.41 Å². The molecule has 1 nitrogen and oxygen atoms in total.